The third kappa shape index (κ3) is 4.52. The molecule has 5 nitrogen and oxygen atoms in total. The number of amides is 1. The SMILES string of the molecule is CCCc1cc(=O)[nH]c(SC(C)C(=O)Nc2ccc3ccccc3c2)n1. The molecule has 3 aromatic rings. The molecule has 0 aliphatic carbocycles. The van der Waals surface area contributed by atoms with Crippen molar-refractivity contribution in [3.63, 3.8) is 0 Å². The smallest absolute Gasteiger partial charge is 0.251 e. The molecule has 1 unspecified atom stereocenters. The van der Waals surface area contributed by atoms with Gasteiger partial charge in [0.15, 0.2) is 5.16 Å². The van der Waals surface area contributed by atoms with Gasteiger partial charge in [-0.2, -0.15) is 0 Å². The van der Waals surface area contributed by atoms with E-state index >= 15 is 0 Å². The van der Waals surface area contributed by atoms with E-state index in [1.807, 2.05) is 49.4 Å². The molecule has 0 bridgehead atoms. The number of anilines is 1. The molecule has 0 aliphatic heterocycles. The second-order valence-electron chi connectivity index (χ2n) is 6.10. The van der Waals surface area contributed by atoms with Crippen molar-refractivity contribution in [1.29, 1.82) is 0 Å². The summed E-state index contributed by atoms with van der Waals surface area (Å²) in [4.78, 5) is 31.4. The lowest BCUT2D eigenvalue weighted by Crippen LogP contribution is -2.23. The predicted molar refractivity (Wildman–Crippen MR) is 107 cm³/mol. The number of thioether (sulfide) groups is 1. The van der Waals surface area contributed by atoms with Crippen molar-refractivity contribution in [2.45, 2.75) is 37.1 Å². The van der Waals surface area contributed by atoms with Crippen LogP contribution in [0.2, 0.25) is 0 Å². The molecule has 3 rings (SSSR count). The number of fused-ring (bicyclic) bond motifs is 1. The van der Waals surface area contributed by atoms with Gasteiger partial charge in [-0.05, 0) is 36.2 Å². The number of carbonyl (C=O) groups is 1. The van der Waals surface area contributed by atoms with Gasteiger partial charge in [0.1, 0.15) is 0 Å². The van der Waals surface area contributed by atoms with Gasteiger partial charge >= 0.3 is 0 Å². The summed E-state index contributed by atoms with van der Waals surface area (Å²) in [5, 5.41) is 5.22. The first kappa shape index (κ1) is 18.2. The lowest BCUT2D eigenvalue weighted by atomic mass is 10.1. The Morgan fingerprint density at radius 1 is 1.19 bits per heavy atom. The summed E-state index contributed by atoms with van der Waals surface area (Å²) in [6, 6.07) is 15.3. The van der Waals surface area contributed by atoms with Crippen LogP contribution in [0.3, 0.4) is 0 Å². The molecule has 1 amide bonds. The number of hydrogen-bond donors (Lipinski definition) is 2. The average Bonchev–Trinajstić information content (AvgIpc) is 2.61. The third-order valence-corrected chi connectivity index (χ3v) is 4.94. The van der Waals surface area contributed by atoms with Crippen LogP contribution < -0.4 is 10.9 Å². The Balaban J connectivity index is 1.70. The minimum Gasteiger partial charge on any atom is -0.325 e. The maximum Gasteiger partial charge on any atom is 0.251 e. The average molecular weight is 367 g/mol. The summed E-state index contributed by atoms with van der Waals surface area (Å²) < 4.78 is 0. The third-order valence-electron chi connectivity index (χ3n) is 3.95. The normalized spacial score (nSPS) is 12.1. The van der Waals surface area contributed by atoms with E-state index in [1.165, 1.54) is 17.8 Å². The summed E-state index contributed by atoms with van der Waals surface area (Å²) in [5.74, 6) is -0.131. The summed E-state index contributed by atoms with van der Waals surface area (Å²) >= 11 is 1.25. The maximum absolute atomic E-state index is 12.5. The van der Waals surface area contributed by atoms with Crippen LogP contribution >= 0.6 is 11.8 Å². The Morgan fingerprint density at radius 3 is 2.73 bits per heavy atom. The molecule has 6 heteroatoms. The van der Waals surface area contributed by atoms with Crippen molar-refractivity contribution < 1.29 is 4.79 Å². The largest absolute Gasteiger partial charge is 0.325 e. The second-order valence-corrected chi connectivity index (χ2v) is 7.43. The maximum atomic E-state index is 12.5. The van der Waals surface area contributed by atoms with E-state index in [4.69, 9.17) is 0 Å². The zero-order valence-corrected chi connectivity index (χ0v) is 15.6. The van der Waals surface area contributed by atoms with E-state index in [0.29, 0.717) is 5.16 Å². The minimum absolute atomic E-state index is 0.131. The monoisotopic (exact) mass is 367 g/mol. The number of H-pyrrole nitrogens is 1. The Bertz CT molecular complexity index is 984. The number of aromatic amines is 1. The number of hydrogen-bond acceptors (Lipinski definition) is 4. The molecule has 1 heterocycles. The van der Waals surface area contributed by atoms with Crippen LogP contribution in [-0.4, -0.2) is 21.1 Å². The van der Waals surface area contributed by atoms with Crippen LogP contribution in [0.4, 0.5) is 5.69 Å². The van der Waals surface area contributed by atoms with Gasteiger partial charge in [-0.15, -0.1) is 0 Å². The number of carbonyl (C=O) groups excluding carboxylic acids is 1. The summed E-state index contributed by atoms with van der Waals surface area (Å²) in [5.41, 5.74) is 1.32. The number of nitrogens with one attached hydrogen (secondary N) is 2. The molecular weight excluding hydrogens is 346 g/mol. The highest BCUT2D eigenvalue weighted by Crippen LogP contribution is 2.22. The quantitative estimate of drug-likeness (QED) is 0.510. The molecule has 0 spiro atoms. The van der Waals surface area contributed by atoms with Crippen molar-refractivity contribution in [2.75, 3.05) is 5.32 Å². The fourth-order valence-corrected chi connectivity index (χ4v) is 3.49. The minimum atomic E-state index is -0.388. The molecule has 134 valence electrons. The number of nitrogens with zero attached hydrogens (tertiary/aromatic N) is 1. The Morgan fingerprint density at radius 2 is 1.96 bits per heavy atom. The van der Waals surface area contributed by atoms with Gasteiger partial charge in [-0.25, -0.2) is 4.98 Å². The highest BCUT2D eigenvalue weighted by Gasteiger charge is 2.16. The van der Waals surface area contributed by atoms with E-state index in [1.54, 1.807) is 6.92 Å². The highest BCUT2D eigenvalue weighted by molar-refractivity contribution is 8.00. The van der Waals surface area contributed by atoms with Crippen molar-refractivity contribution >= 4 is 34.1 Å². The molecule has 0 radical (unpaired) electrons. The van der Waals surface area contributed by atoms with Gasteiger partial charge in [-0.1, -0.05) is 55.4 Å². The Kier molecular flexibility index (Phi) is 5.73. The van der Waals surface area contributed by atoms with E-state index in [9.17, 15) is 9.59 Å². The van der Waals surface area contributed by atoms with E-state index in [0.717, 1.165) is 35.0 Å². The molecule has 0 aliphatic rings. The summed E-state index contributed by atoms with van der Waals surface area (Å²) in [6.45, 7) is 3.84. The lowest BCUT2D eigenvalue weighted by Gasteiger charge is -2.12. The lowest BCUT2D eigenvalue weighted by molar-refractivity contribution is -0.115. The van der Waals surface area contributed by atoms with E-state index in [-0.39, 0.29) is 16.7 Å². The zero-order chi connectivity index (χ0) is 18.5. The number of benzene rings is 2. The topological polar surface area (TPSA) is 74.8 Å². The highest BCUT2D eigenvalue weighted by atomic mass is 32.2. The standard InChI is InChI=1S/C20H21N3O2S/c1-3-6-16-12-18(24)23-20(22-16)26-13(2)19(25)21-17-10-9-14-7-4-5-8-15(14)11-17/h4-5,7-13H,3,6H2,1-2H3,(H,21,25)(H,22,23,24). The zero-order valence-electron chi connectivity index (χ0n) is 14.8. The van der Waals surface area contributed by atoms with Gasteiger partial charge in [-0.3, -0.25) is 9.59 Å². The molecule has 0 saturated carbocycles. The van der Waals surface area contributed by atoms with Crippen molar-refractivity contribution in [3.05, 3.63) is 64.6 Å². The molecule has 2 N–H and O–H groups in total. The van der Waals surface area contributed by atoms with Crippen LogP contribution in [-0.2, 0) is 11.2 Å². The van der Waals surface area contributed by atoms with Crippen LogP contribution in [0, 0.1) is 0 Å². The van der Waals surface area contributed by atoms with Crippen molar-refractivity contribution in [2.24, 2.45) is 0 Å². The van der Waals surface area contributed by atoms with E-state index < -0.39 is 0 Å². The second kappa shape index (κ2) is 8.19. The fourth-order valence-electron chi connectivity index (χ4n) is 2.66. The molecule has 26 heavy (non-hydrogen) atoms. The molecule has 1 aromatic heterocycles. The summed E-state index contributed by atoms with van der Waals surface area (Å²) in [7, 11) is 0. The fraction of sp³-hybridized carbons (Fsp3) is 0.250. The van der Waals surface area contributed by atoms with Gasteiger partial charge in [0, 0.05) is 17.4 Å². The van der Waals surface area contributed by atoms with Crippen LogP contribution in [0.1, 0.15) is 26.0 Å². The van der Waals surface area contributed by atoms with E-state index in [2.05, 4.69) is 15.3 Å². The Labute approximate surface area is 156 Å². The van der Waals surface area contributed by atoms with Gasteiger partial charge < -0.3 is 10.3 Å². The van der Waals surface area contributed by atoms with Crippen molar-refractivity contribution in [1.82, 2.24) is 9.97 Å². The van der Waals surface area contributed by atoms with Gasteiger partial charge in [0.05, 0.1) is 5.25 Å². The van der Waals surface area contributed by atoms with Crippen LogP contribution in [0.25, 0.3) is 10.8 Å². The first-order chi connectivity index (χ1) is 12.5. The molecule has 1 atom stereocenters. The first-order valence-corrected chi connectivity index (χ1v) is 9.49. The number of aryl methyl sites for hydroxylation is 1. The molecule has 0 fully saturated rings. The molecular formula is C20H21N3O2S. The number of aromatic nitrogens is 2. The predicted octanol–water partition coefficient (Wildman–Crippen LogP) is 3.99. The van der Waals surface area contributed by atoms with Gasteiger partial charge in [0.25, 0.3) is 5.56 Å². The number of rotatable bonds is 6. The molecule has 0 saturated heterocycles. The Hall–Kier alpha value is -2.60. The van der Waals surface area contributed by atoms with Gasteiger partial charge in [0.2, 0.25) is 5.91 Å². The van der Waals surface area contributed by atoms with Crippen molar-refractivity contribution in [3.8, 4) is 0 Å². The molecule has 2 aromatic carbocycles. The first-order valence-electron chi connectivity index (χ1n) is 8.61. The van der Waals surface area contributed by atoms with Crippen LogP contribution in [0.15, 0.2) is 58.5 Å². The summed E-state index contributed by atoms with van der Waals surface area (Å²) in [6.07, 6.45) is 1.66. The van der Waals surface area contributed by atoms with Crippen LogP contribution in [0.5, 0.6) is 0 Å².